The third-order valence-electron chi connectivity index (χ3n) is 4.03. The van der Waals surface area contributed by atoms with E-state index in [1.807, 2.05) is 0 Å². The third-order valence-corrected chi connectivity index (χ3v) is 4.68. The Kier molecular flexibility index (Phi) is 13.1. The standard InChI is InChI=1S/C17H28N6O9S/c1-33-3-2-8(17(31)32)21-15(29)10(6-12(20)25)23-16(30)9(5-11(19)24)22-14(28)7(18)4-13(26)27/h7-10H,2-6,18H2,1H3,(H2,19,24)(H2,20,25)(H,21,29)(H,22,28)(H,23,30)(H,26,27)(H,31,32). The number of aliphatic carboxylic acids is 2. The van der Waals surface area contributed by atoms with E-state index in [4.69, 9.17) is 22.3 Å². The van der Waals surface area contributed by atoms with Crippen molar-refractivity contribution in [1.29, 1.82) is 0 Å². The van der Waals surface area contributed by atoms with Gasteiger partial charge in [-0.3, -0.25) is 28.8 Å². The molecule has 0 aliphatic carbocycles. The Bertz CT molecular complexity index is 778. The van der Waals surface area contributed by atoms with Gasteiger partial charge in [0.15, 0.2) is 0 Å². The van der Waals surface area contributed by atoms with Gasteiger partial charge in [-0.05, 0) is 18.4 Å². The number of primary amides is 2. The summed E-state index contributed by atoms with van der Waals surface area (Å²) in [6.45, 7) is 0. The normalized spacial score (nSPS) is 14.1. The van der Waals surface area contributed by atoms with Crippen molar-refractivity contribution in [3.05, 3.63) is 0 Å². The highest BCUT2D eigenvalue weighted by molar-refractivity contribution is 7.98. The summed E-state index contributed by atoms with van der Waals surface area (Å²) in [6.07, 6.45) is -0.445. The van der Waals surface area contributed by atoms with E-state index in [-0.39, 0.29) is 6.42 Å². The van der Waals surface area contributed by atoms with Gasteiger partial charge in [-0.25, -0.2) is 4.79 Å². The van der Waals surface area contributed by atoms with Crippen LogP contribution in [0, 0.1) is 0 Å². The second-order valence-electron chi connectivity index (χ2n) is 6.85. The molecule has 0 aliphatic heterocycles. The van der Waals surface area contributed by atoms with Crippen LogP contribution in [0.15, 0.2) is 0 Å². The van der Waals surface area contributed by atoms with Crippen molar-refractivity contribution >= 4 is 53.2 Å². The van der Waals surface area contributed by atoms with Crippen molar-refractivity contribution in [2.45, 2.75) is 49.9 Å². The first-order valence-corrected chi connectivity index (χ1v) is 10.8. The maximum Gasteiger partial charge on any atom is 0.326 e. The minimum absolute atomic E-state index is 0.0568. The molecule has 0 bridgehead atoms. The molecule has 5 amide bonds. The smallest absolute Gasteiger partial charge is 0.326 e. The summed E-state index contributed by atoms with van der Waals surface area (Å²) in [5.41, 5.74) is 15.6. The number of carboxylic acids is 2. The van der Waals surface area contributed by atoms with Crippen LogP contribution in [-0.4, -0.2) is 87.9 Å². The molecule has 0 aromatic carbocycles. The lowest BCUT2D eigenvalue weighted by atomic mass is 10.1. The molecule has 0 saturated carbocycles. The zero-order valence-electron chi connectivity index (χ0n) is 17.7. The molecule has 0 heterocycles. The number of carboxylic acid groups (broad SMARTS) is 2. The van der Waals surface area contributed by atoms with Gasteiger partial charge in [0, 0.05) is 0 Å². The van der Waals surface area contributed by atoms with Gasteiger partial charge in [0.05, 0.1) is 25.3 Å². The number of carbonyl (C=O) groups is 7. The van der Waals surface area contributed by atoms with Crippen LogP contribution in [0.5, 0.6) is 0 Å². The molecule has 0 aliphatic rings. The van der Waals surface area contributed by atoms with E-state index in [2.05, 4.69) is 16.0 Å². The average molecular weight is 493 g/mol. The predicted molar refractivity (Wildman–Crippen MR) is 114 cm³/mol. The molecule has 16 heteroatoms. The van der Waals surface area contributed by atoms with Gasteiger partial charge in [0.2, 0.25) is 29.5 Å². The summed E-state index contributed by atoms with van der Waals surface area (Å²) in [6, 6.07) is -6.16. The number of nitrogens with two attached hydrogens (primary N) is 3. The molecule has 0 rings (SSSR count). The first-order chi connectivity index (χ1) is 15.3. The third kappa shape index (κ3) is 12.3. The summed E-state index contributed by atoms with van der Waals surface area (Å²) in [5, 5.41) is 24.3. The van der Waals surface area contributed by atoms with Crippen LogP contribution in [0.1, 0.15) is 25.7 Å². The molecular formula is C17H28N6O9S. The van der Waals surface area contributed by atoms with E-state index in [9.17, 15) is 38.7 Å². The molecular weight excluding hydrogens is 464 g/mol. The van der Waals surface area contributed by atoms with Crippen LogP contribution >= 0.6 is 11.8 Å². The maximum atomic E-state index is 12.6. The molecule has 33 heavy (non-hydrogen) atoms. The lowest BCUT2D eigenvalue weighted by Crippen LogP contribution is -2.58. The summed E-state index contributed by atoms with van der Waals surface area (Å²) < 4.78 is 0. The van der Waals surface area contributed by atoms with Crippen LogP contribution < -0.4 is 33.2 Å². The van der Waals surface area contributed by atoms with Crippen molar-refractivity contribution in [2.24, 2.45) is 17.2 Å². The molecule has 186 valence electrons. The van der Waals surface area contributed by atoms with Gasteiger partial charge < -0.3 is 43.4 Å². The summed E-state index contributed by atoms with van der Waals surface area (Å²) in [7, 11) is 0. The molecule has 0 aromatic heterocycles. The van der Waals surface area contributed by atoms with E-state index in [0.717, 1.165) is 0 Å². The van der Waals surface area contributed by atoms with Crippen molar-refractivity contribution in [2.75, 3.05) is 12.0 Å². The van der Waals surface area contributed by atoms with Gasteiger partial charge in [-0.2, -0.15) is 11.8 Å². The number of nitrogens with one attached hydrogen (secondary N) is 3. The van der Waals surface area contributed by atoms with E-state index >= 15 is 0 Å². The zero-order valence-corrected chi connectivity index (χ0v) is 18.6. The Morgan fingerprint density at radius 3 is 1.55 bits per heavy atom. The lowest BCUT2D eigenvalue weighted by Gasteiger charge is -2.24. The van der Waals surface area contributed by atoms with Gasteiger partial charge in [0.1, 0.15) is 18.1 Å². The van der Waals surface area contributed by atoms with Crippen molar-refractivity contribution in [1.82, 2.24) is 16.0 Å². The Morgan fingerprint density at radius 2 is 1.18 bits per heavy atom. The first kappa shape index (κ1) is 29.6. The minimum Gasteiger partial charge on any atom is -0.481 e. The summed E-state index contributed by atoms with van der Waals surface area (Å²) in [5.74, 6) is -7.63. The number of hydrogen-bond acceptors (Lipinski definition) is 9. The molecule has 4 unspecified atom stereocenters. The van der Waals surface area contributed by atoms with E-state index in [0.29, 0.717) is 5.75 Å². The number of rotatable bonds is 16. The quantitative estimate of drug-likeness (QED) is 0.102. The fourth-order valence-electron chi connectivity index (χ4n) is 2.42. The summed E-state index contributed by atoms with van der Waals surface area (Å²) in [4.78, 5) is 81.9. The van der Waals surface area contributed by atoms with Crippen LogP contribution in [0.4, 0.5) is 0 Å². The largest absolute Gasteiger partial charge is 0.481 e. The van der Waals surface area contributed by atoms with Crippen molar-refractivity contribution in [3.8, 4) is 0 Å². The number of hydrogen-bond donors (Lipinski definition) is 8. The molecule has 4 atom stereocenters. The lowest BCUT2D eigenvalue weighted by molar-refractivity contribution is -0.142. The average Bonchev–Trinajstić information content (AvgIpc) is 2.68. The minimum atomic E-state index is -1.66. The highest BCUT2D eigenvalue weighted by atomic mass is 32.2. The SMILES string of the molecule is CSCCC(NC(=O)C(CC(N)=O)NC(=O)C(CC(N)=O)NC(=O)C(N)CC(=O)O)C(=O)O. The Morgan fingerprint density at radius 1 is 0.758 bits per heavy atom. The molecule has 11 N–H and O–H groups in total. The molecule has 0 fully saturated rings. The number of carbonyl (C=O) groups excluding carboxylic acids is 5. The van der Waals surface area contributed by atoms with Crippen LogP contribution in [0.2, 0.25) is 0 Å². The van der Waals surface area contributed by atoms with E-state index in [1.54, 1.807) is 6.26 Å². The number of thioether (sulfide) groups is 1. The first-order valence-electron chi connectivity index (χ1n) is 9.45. The van der Waals surface area contributed by atoms with Gasteiger partial charge >= 0.3 is 11.9 Å². The monoisotopic (exact) mass is 492 g/mol. The van der Waals surface area contributed by atoms with Crippen LogP contribution in [-0.2, 0) is 33.6 Å². The zero-order chi connectivity index (χ0) is 25.7. The topological polar surface area (TPSA) is 274 Å². The Labute approximate surface area is 192 Å². The van der Waals surface area contributed by atoms with Crippen LogP contribution in [0.3, 0.4) is 0 Å². The fraction of sp³-hybridized carbons (Fsp3) is 0.588. The Balaban J connectivity index is 5.52. The highest BCUT2D eigenvalue weighted by Gasteiger charge is 2.32. The molecule has 0 spiro atoms. The van der Waals surface area contributed by atoms with E-state index in [1.165, 1.54) is 11.8 Å². The van der Waals surface area contributed by atoms with Crippen LogP contribution in [0.25, 0.3) is 0 Å². The van der Waals surface area contributed by atoms with Crippen molar-refractivity contribution in [3.63, 3.8) is 0 Å². The number of amides is 5. The van der Waals surface area contributed by atoms with Gasteiger partial charge in [-0.1, -0.05) is 0 Å². The molecule has 0 aromatic rings. The van der Waals surface area contributed by atoms with Gasteiger partial charge in [-0.15, -0.1) is 0 Å². The van der Waals surface area contributed by atoms with Gasteiger partial charge in [0.25, 0.3) is 0 Å². The Hall–Kier alpha value is -3.40. The molecule has 15 nitrogen and oxygen atoms in total. The fourth-order valence-corrected chi connectivity index (χ4v) is 2.89. The molecule has 0 saturated heterocycles. The highest BCUT2D eigenvalue weighted by Crippen LogP contribution is 2.04. The maximum absolute atomic E-state index is 12.6. The summed E-state index contributed by atoms with van der Waals surface area (Å²) >= 11 is 1.34. The molecule has 0 radical (unpaired) electrons. The van der Waals surface area contributed by atoms with Crippen molar-refractivity contribution < 1.29 is 43.8 Å². The van der Waals surface area contributed by atoms with E-state index < -0.39 is 84.9 Å². The second-order valence-corrected chi connectivity index (χ2v) is 7.83. The predicted octanol–water partition coefficient (Wildman–Crippen LogP) is -4.17. The second kappa shape index (κ2) is 14.6.